The summed E-state index contributed by atoms with van der Waals surface area (Å²) in [5, 5.41) is 23.3. The van der Waals surface area contributed by atoms with Crippen molar-refractivity contribution < 1.29 is 24.5 Å². The van der Waals surface area contributed by atoms with Crippen LogP contribution in [0.1, 0.15) is 37.3 Å². The van der Waals surface area contributed by atoms with Gasteiger partial charge in [0.05, 0.1) is 11.0 Å². The van der Waals surface area contributed by atoms with E-state index in [1.165, 1.54) is 5.56 Å². The number of hydrogen-bond acceptors (Lipinski definition) is 6. The molecule has 1 saturated heterocycles. The van der Waals surface area contributed by atoms with Crippen LogP contribution in [0.3, 0.4) is 0 Å². The molecule has 2 unspecified atom stereocenters. The van der Waals surface area contributed by atoms with Gasteiger partial charge in [0.2, 0.25) is 0 Å². The summed E-state index contributed by atoms with van der Waals surface area (Å²) < 4.78 is 12.8. The Balaban J connectivity index is 1.70. The Bertz CT molecular complexity index is 844. The number of ether oxygens (including phenoxy) is 2. The van der Waals surface area contributed by atoms with Crippen molar-refractivity contribution in [3.05, 3.63) is 23.3 Å². The Kier molecular flexibility index (Phi) is 3.80. The van der Waals surface area contributed by atoms with Crippen LogP contribution in [-0.4, -0.2) is 71.6 Å². The minimum Gasteiger partial charge on any atom is -0.504 e. The molecule has 28 heavy (non-hydrogen) atoms. The molecule has 0 radical (unpaired) electrons. The van der Waals surface area contributed by atoms with E-state index in [0.717, 1.165) is 37.8 Å². The number of methoxy groups -OCH3 is 1. The van der Waals surface area contributed by atoms with Gasteiger partial charge >= 0.3 is 5.97 Å². The Labute approximate surface area is 164 Å². The molecule has 2 aliphatic heterocycles. The van der Waals surface area contributed by atoms with Crippen molar-refractivity contribution in [1.82, 2.24) is 10.2 Å². The van der Waals surface area contributed by atoms with E-state index < -0.39 is 17.6 Å². The molecule has 4 aliphatic rings. The first-order valence-electron chi connectivity index (χ1n) is 10.1. The molecule has 1 spiro atoms. The van der Waals surface area contributed by atoms with Gasteiger partial charge in [-0.15, -0.1) is 0 Å². The van der Waals surface area contributed by atoms with E-state index in [4.69, 9.17) is 9.47 Å². The number of benzene rings is 1. The molecule has 1 aromatic rings. The lowest BCUT2D eigenvalue weighted by Gasteiger charge is -2.65. The molecule has 2 fully saturated rings. The fourth-order valence-electron chi connectivity index (χ4n) is 6.70. The van der Waals surface area contributed by atoms with Crippen molar-refractivity contribution in [3.8, 4) is 11.5 Å². The number of likely N-dealkylation sites (tertiary alicyclic amines) is 1. The second-order valence-electron chi connectivity index (χ2n) is 8.87. The van der Waals surface area contributed by atoms with Crippen LogP contribution in [0, 0.1) is 0 Å². The number of phenols is 1. The summed E-state index contributed by atoms with van der Waals surface area (Å²) >= 11 is 0. The molecule has 1 aromatic carbocycles. The normalized spacial score (nSPS) is 39.2. The van der Waals surface area contributed by atoms with Gasteiger partial charge in [-0.2, -0.15) is 0 Å². The Hall–Kier alpha value is -1.83. The highest BCUT2D eigenvalue weighted by Crippen LogP contribution is 2.66. The maximum atomic E-state index is 11.5. The van der Waals surface area contributed by atoms with Crippen molar-refractivity contribution >= 4 is 5.97 Å². The zero-order valence-corrected chi connectivity index (χ0v) is 16.6. The van der Waals surface area contributed by atoms with E-state index in [1.54, 1.807) is 20.1 Å². The van der Waals surface area contributed by atoms with E-state index >= 15 is 0 Å². The highest BCUT2D eigenvalue weighted by molar-refractivity contribution is 5.73. The van der Waals surface area contributed by atoms with E-state index in [2.05, 4.69) is 17.3 Å². The highest BCUT2D eigenvalue weighted by atomic mass is 16.5. The van der Waals surface area contributed by atoms with E-state index in [1.807, 2.05) is 6.07 Å². The second kappa shape index (κ2) is 5.84. The zero-order chi connectivity index (χ0) is 19.8. The van der Waals surface area contributed by atoms with Crippen LogP contribution in [0.4, 0.5) is 0 Å². The molecule has 2 aliphatic carbocycles. The van der Waals surface area contributed by atoms with Crippen LogP contribution in [-0.2, 0) is 21.4 Å². The van der Waals surface area contributed by atoms with Gasteiger partial charge in [0.25, 0.3) is 0 Å². The van der Waals surface area contributed by atoms with Crippen molar-refractivity contribution in [2.45, 2.75) is 67.9 Å². The number of rotatable bonds is 4. The maximum Gasteiger partial charge on any atom is 0.320 e. The number of carboxylic acids is 1. The molecule has 2 heterocycles. The van der Waals surface area contributed by atoms with E-state index in [-0.39, 0.29) is 29.4 Å². The van der Waals surface area contributed by atoms with Crippen molar-refractivity contribution in [2.24, 2.45) is 0 Å². The van der Waals surface area contributed by atoms with Crippen LogP contribution >= 0.6 is 0 Å². The van der Waals surface area contributed by atoms with E-state index in [9.17, 15) is 15.0 Å². The predicted octanol–water partition coefficient (Wildman–Crippen LogP) is 1.26. The third kappa shape index (κ3) is 1.97. The number of aliphatic carboxylic acids is 1. The summed E-state index contributed by atoms with van der Waals surface area (Å²) in [6.07, 6.45) is 3.07. The largest absolute Gasteiger partial charge is 0.504 e. The second-order valence-corrected chi connectivity index (χ2v) is 8.87. The Morgan fingerprint density at radius 2 is 2.21 bits per heavy atom. The number of hydrogen-bond donors (Lipinski definition) is 3. The number of aromatic hydroxyl groups is 1. The first-order chi connectivity index (χ1) is 13.4. The average Bonchev–Trinajstić information content (AvgIpc) is 3.03. The van der Waals surface area contributed by atoms with Crippen LogP contribution in [0.2, 0.25) is 0 Å². The van der Waals surface area contributed by atoms with Gasteiger partial charge in [-0.25, -0.2) is 0 Å². The average molecular weight is 388 g/mol. The lowest BCUT2D eigenvalue weighted by atomic mass is 9.48. The van der Waals surface area contributed by atoms with Crippen molar-refractivity contribution in [3.63, 3.8) is 0 Å². The Morgan fingerprint density at radius 3 is 2.93 bits per heavy atom. The number of nitrogens with one attached hydrogen (secondary N) is 1. The van der Waals surface area contributed by atoms with Gasteiger partial charge in [-0.3, -0.25) is 10.1 Å². The maximum absolute atomic E-state index is 11.5. The first kappa shape index (κ1) is 18.2. The van der Waals surface area contributed by atoms with Gasteiger partial charge in [0, 0.05) is 24.8 Å². The van der Waals surface area contributed by atoms with Crippen molar-refractivity contribution in [2.75, 3.05) is 20.7 Å². The standard InChI is InChI=1S/C21H28N2O5/c1-11(19(25)26)22-13-6-7-21(27-3)15-10-12-4-5-14(24)17-16(12)20(21,18(13)28-17)8-9-23(15)2/h4-5,11,13,15,18,22,24H,6-10H2,1-3H3,(H,25,26)/t11-,13?,15+,18?,20-,21+/m0/s1. The Morgan fingerprint density at radius 1 is 1.43 bits per heavy atom. The zero-order valence-electron chi connectivity index (χ0n) is 16.6. The SMILES string of the molecule is CO[C@@]12CCC(N[C@@H](C)C(=O)O)C3Oc4c(O)ccc5c4[C@@]31CCN(C)[C@@H]2C5. The minimum atomic E-state index is -0.870. The number of piperidine rings is 1. The molecular weight excluding hydrogens is 360 g/mol. The molecule has 0 amide bonds. The van der Waals surface area contributed by atoms with Crippen LogP contribution < -0.4 is 10.1 Å². The molecule has 7 nitrogen and oxygen atoms in total. The summed E-state index contributed by atoms with van der Waals surface area (Å²) in [5.74, 6) is -0.136. The minimum absolute atomic E-state index is 0.115. The molecule has 1 saturated carbocycles. The van der Waals surface area contributed by atoms with Gasteiger partial charge in [0.15, 0.2) is 11.5 Å². The van der Waals surface area contributed by atoms with Crippen molar-refractivity contribution in [1.29, 1.82) is 0 Å². The third-order valence-corrected chi connectivity index (χ3v) is 7.89. The third-order valence-electron chi connectivity index (χ3n) is 7.89. The molecule has 5 rings (SSSR count). The van der Waals surface area contributed by atoms with Crippen LogP contribution in [0.25, 0.3) is 0 Å². The number of phenolic OH excluding ortho intramolecular Hbond substituents is 1. The summed E-state index contributed by atoms with van der Waals surface area (Å²) in [6.45, 7) is 2.59. The van der Waals surface area contributed by atoms with Gasteiger partial charge < -0.3 is 24.6 Å². The lowest BCUT2D eigenvalue weighted by Crippen LogP contribution is -2.78. The highest BCUT2D eigenvalue weighted by Gasteiger charge is 2.73. The molecule has 2 bridgehead atoms. The van der Waals surface area contributed by atoms with Gasteiger partial charge in [0.1, 0.15) is 12.1 Å². The van der Waals surface area contributed by atoms with Gasteiger partial charge in [-0.1, -0.05) is 6.07 Å². The van der Waals surface area contributed by atoms with Crippen LogP contribution in [0.5, 0.6) is 11.5 Å². The number of likely N-dealkylation sites (N-methyl/N-ethyl adjacent to an activating group) is 1. The summed E-state index contributed by atoms with van der Waals surface area (Å²) in [6, 6.07) is 3.20. The molecule has 7 heteroatoms. The number of carbonyl (C=O) groups is 1. The smallest absolute Gasteiger partial charge is 0.320 e. The fraction of sp³-hybridized carbons (Fsp3) is 0.667. The summed E-state index contributed by atoms with van der Waals surface area (Å²) in [7, 11) is 3.96. The molecular formula is C21H28N2O5. The summed E-state index contributed by atoms with van der Waals surface area (Å²) in [5.41, 5.74) is 1.53. The molecule has 152 valence electrons. The topological polar surface area (TPSA) is 91.3 Å². The quantitative estimate of drug-likeness (QED) is 0.715. The number of nitrogens with zero attached hydrogens (tertiary/aromatic N) is 1. The lowest BCUT2D eigenvalue weighted by molar-refractivity contribution is -0.204. The predicted molar refractivity (Wildman–Crippen MR) is 102 cm³/mol. The molecule has 3 N–H and O–H groups in total. The van der Waals surface area contributed by atoms with Gasteiger partial charge in [-0.05, 0) is 57.8 Å². The first-order valence-corrected chi connectivity index (χ1v) is 10.1. The fourth-order valence-corrected chi connectivity index (χ4v) is 6.70. The molecule has 0 aromatic heterocycles. The summed E-state index contributed by atoms with van der Waals surface area (Å²) in [4.78, 5) is 13.9. The molecule has 6 atom stereocenters. The van der Waals surface area contributed by atoms with Crippen LogP contribution in [0.15, 0.2) is 12.1 Å². The van der Waals surface area contributed by atoms with E-state index in [0.29, 0.717) is 5.75 Å². The monoisotopic (exact) mass is 388 g/mol. The number of carboxylic acid groups (broad SMARTS) is 1.